The van der Waals surface area contributed by atoms with E-state index >= 15 is 4.39 Å². The van der Waals surface area contributed by atoms with Crippen molar-refractivity contribution in [2.24, 2.45) is 7.05 Å². The average molecular weight is 655 g/mol. The molecule has 4 aromatic rings. The van der Waals surface area contributed by atoms with Crippen LogP contribution in [0.1, 0.15) is 40.2 Å². The molecule has 4 aliphatic rings. The second-order valence-electron chi connectivity index (χ2n) is 12.9. The Kier molecular flexibility index (Phi) is 8.07. The molecule has 0 unspecified atom stereocenters. The number of amides is 1. The fourth-order valence-corrected chi connectivity index (χ4v) is 7.65. The zero-order valence-electron chi connectivity index (χ0n) is 27.0. The summed E-state index contributed by atoms with van der Waals surface area (Å²) in [5.74, 6) is 0.0253. The molecule has 12 nitrogen and oxygen atoms in total. The van der Waals surface area contributed by atoms with Crippen molar-refractivity contribution in [3.63, 3.8) is 0 Å². The lowest BCUT2D eigenvalue weighted by Crippen LogP contribution is -2.59. The zero-order valence-corrected chi connectivity index (χ0v) is 27.0. The molecule has 0 spiro atoms. The largest absolute Gasteiger partial charge is 0.392 e. The van der Waals surface area contributed by atoms with E-state index in [0.29, 0.717) is 72.4 Å². The van der Waals surface area contributed by atoms with Crippen LogP contribution in [0.25, 0.3) is 11.1 Å². The van der Waals surface area contributed by atoms with E-state index in [0.717, 1.165) is 51.3 Å². The molecule has 7 heterocycles. The third kappa shape index (κ3) is 5.12. The molecular formula is C35H39FN8O4. The monoisotopic (exact) mass is 654 g/mol. The third-order valence-electron chi connectivity index (χ3n) is 10.2. The molecule has 0 atom stereocenters. The fourth-order valence-electron chi connectivity index (χ4n) is 7.65. The minimum atomic E-state index is -0.456. The van der Waals surface area contributed by atoms with Crippen molar-refractivity contribution in [3.8, 4) is 11.1 Å². The summed E-state index contributed by atoms with van der Waals surface area (Å²) in [6.07, 6.45) is 8.34. The fraction of sp³-hybridized carbons (Fsp3) is 0.429. The molecule has 1 aliphatic carbocycles. The first-order chi connectivity index (χ1) is 23.4. The van der Waals surface area contributed by atoms with Crippen LogP contribution in [0.5, 0.6) is 0 Å². The predicted octanol–water partition coefficient (Wildman–Crippen LogP) is 2.88. The quantitative estimate of drug-likeness (QED) is 0.322. The molecule has 0 radical (unpaired) electrons. The van der Waals surface area contributed by atoms with Gasteiger partial charge in [0.05, 0.1) is 25.9 Å². The van der Waals surface area contributed by atoms with E-state index in [1.807, 2.05) is 33.8 Å². The average Bonchev–Trinajstić information content (AvgIpc) is 3.39. The Bertz CT molecular complexity index is 1920. The van der Waals surface area contributed by atoms with Gasteiger partial charge in [0.2, 0.25) is 0 Å². The number of anilines is 3. The first kappa shape index (κ1) is 30.9. The predicted molar refractivity (Wildman–Crippen MR) is 178 cm³/mol. The highest BCUT2D eigenvalue weighted by molar-refractivity contribution is 6.06. The normalized spacial score (nSPS) is 18.8. The van der Waals surface area contributed by atoms with Crippen LogP contribution in [0.4, 0.5) is 21.7 Å². The van der Waals surface area contributed by atoms with Crippen LogP contribution in [0.3, 0.4) is 0 Å². The molecule has 4 aromatic heterocycles. The van der Waals surface area contributed by atoms with Crippen LogP contribution in [-0.4, -0.2) is 92.0 Å². The van der Waals surface area contributed by atoms with E-state index in [1.165, 1.54) is 9.47 Å². The van der Waals surface area contributed by atoms with E-state index in [1.54, 1.807) is 31.7 Å². The standard InChI is InChI=1S/C35H39FN8O4/c1-39-19-23(18-29(34(39)46)44(30-8-4-5-10-37-30)41-14-12-40(13-15-41)24-21-48-22-24)25-9-11-38-33(27(25)20-45)43-17-16-42-28-7-3-2-6-26(28)31(36)32(42)35(43)47/h4-5,8-11,18-19,24,45H,2-3,6-7,12-17,20-22H2,1H3. The SMILES string of the molecule is Cn1cc(-c2ccnc(N3CCn4c5c(c(F)c4C3=O)CCCC5)c2CO)cc(N(c2ccccn2)N2CCN(C3COC3)CC2)c1=O. The number of hydrogen-bond acceptors (Lipinski definition) is 9. The summed E-state index contributed by atoms with van der Waals surface area (Å²) >= 11 is 0. The number of nitrogens with zero attached hydrogens (tertiary/aromatic N) is 8. The van der Waals surface area contributed by atoms with Crippen molar-refractivity contribution >= 4 is 23.2 Å². The number of hydrazine groups is 1. The summed E-state index contributed by atoms with van der Waals surface area (Å²) in [6, 6.07) is 9.66. The van der Waals surface area contributed by atoms with Crippen LogP contribution >= 0.6 is 0 Å². The van der Waals surface area contributed by atoms with Crippen LogP contribution in [0.2, 0.25) is 0 Å². The number of halogens is 1. The lowest BCUT2D eigenvalue weighted by molar-refractivity contribution is -0.0769. The Morgan fingerprint density at radius 1 is 1.00 bits per heavy atom. The van der Waals surface area contributed by atoms with Crippen LogP contribution < -0.4 is 15.5 Å². The highest BCUT2D eigenvalue weighted by Gasteiger charge is 2.37. The maximum absolute atomic E-state index is 15.6. The molecule has 2 fully saturated rings. The minimum Gasteiger partial charge on any atom is -0.392 e. The number of carbonyl (C=O) groups excluding carboxylic acids is 1. The number of piperazine rings is 1. The Morgan fingerprint density at radius 2 is 1.81 bits per heavy atom. The van der Waals surface area contributed by atoms with E-state index < -0.39 is 18.3 Å². The van der Waals surface area contributed by atoms with Gasteiger partial charge in [-0.1, -0.05) is 6.07 Å². The first-order valence-corrected chi connectivity index (χ1v) is 16.7. The number of aromatic nitrogens is 4. The summed E-state index contributed by atoms with van der Waals surface area (Å²) in [5, 5.41) is 14.8. The van der Waals surface area contributed by atoms with Crippen LogP contribution in [0, 0.1) is 5.82 Å². The van der Waals surface area contributed by atoms with Crippen LogP contribution in [-0.2, 0) is 37.8 Å². The summed E-state index contributed by atoms with van der Waals surface area (Å²) < 4.78 is 24.4. The Labute approximate surface area is 277 Å². The second kappa shape index (κ2) is 12.5. The third-order valence-corrected chi connectivity index (χ3v) is 10.2. The number of hydrogen-bond donors (Lipinski definition) is 1. The molecule has 1 amide bonds. The van der Waals surface area contributed by atoms with Gasteiger partial charge in [0.25, 0.3) is 11.5 Å². The van der Waals surface area contributed by atoms with Gasteiger partial charge in [-0.2, -0.15) is 0 Å². The number of aliphatic hydroxyl groups excluding tert-OH is 1. The Hall–Kier alpha value is -4.43. The van der Waals surface area contributed by atoms with Gasteiger partial charge in [-0.3, -0.25) is 24.4 Å². The maximum Gasteiger partial charge on any atom is 0.279 e. The molecule has 0 aromatic carbocycles. The number of fused-ring (bicyclic) bond motifs is 3. The van der Waals surface area contributed by atoms with Crippen molar-refractivity contribution in [1.29, 1.82) is 0 Å². The molecule has 3 aliphatic heterocycles. The van der Waals surface area contributed by atoms with Crippen molar-refractivity contribution in [2.75, 3.05) is 55.8 Å². The van der Waals surface area contributed by atoms with Crippen molar-refractivity contribution in [1.82, 2.24) is 29.0 Å². The highest BCUT2D eigenvalue weighted by atomic mass is 19.1. The van der Waals surface area contributed by atoms with E-state index in [4.69, 9.17) is 4.74 Å². The summed E-state index contributed by atoms with van der Waals surface area (Å²) in [7, 11) is 1.70. The highest BCUT2D eigenvalue weighted by Crippen LogP contribution is 2.37. The number of aryl methyl sites for hydroxylation is 1. The van der Waals surface area contributed by atoms with Gasteiger partial charge in [-0.25, -0.2) is 19.4 Å². The van der Waals surface area contributed by atoms with Gasteiger partial charge >= 0.3 is 0 Å². The summed E-state index contributed by atoms with van der Waals surface area (Å²) in [5.41, 5.74) is 3.60. The molecule has 48 heavy (non-hydrogen) atoms. The molecule has 1 N–H and O–H groups in total. The Balaban J connectivity index is 1.17. The van der Waals surface area contributed by atoms with Gasteiger partial charge in [-0.05, 0) is 55.5 Å². The van der Waals surface area contributed by atoms with Crippen molar-refractivity contribution in [3.05, 3.63) is 87.6 Å². The van der Waals surface area contributed by atoms with Gasteiger partial charge in [-0.15, -0.1) is 0 Å². The number of aliphatic hydroxyl groups is 1. The number of rotatable bonds is 7. The minimum absolute atomic E-state index is 0.0737. The summed E-state index contributed by atoms with van der Waals surface area (Å²) in [6.45, 7) is 4.90. The zero-order chi connectivity index (χ0) is 32.9. The molecule has 13 heteroatoms. The maximum atomic E-state index is 15.6. The van der Waals surface area contributed by atoms with Crippen molar-refractivity contribution < 1.29 is 19.0 Å². The molecule has 250 valence electrons. The Morgan fingerprint density at radius 3 is 2.54 bits per heavy atom. The first-order valence-electron chi connectivity index (χ1n) is 16.7. The lowest BCUT2D eigenvalue weighted by Gasteiger charge is -2.45. The smallest absolute Gasteiger partial charge is 0.279 e. The van der Waals surface area contributed by atoms with Gasteiger partial charge in [0, 0.05) is 87.3 Å². The number of pyridine rings is 3. The lowest BCUT2D eigenvalue weighted by atomic mass is 9.97. The number of carbonyl (C=O) groups is 1. The summed E-state index contributed by atoms with van der Waals surface area (Å²) in [4.78, 5) is 40.9. The van der Waals surface area contributed by atoms with Crippen LogP contribution in [0.15, 0.2) is 53.7 Å². The molecular weight excluding hydrogens is 615 g/mol. The van der Waals surface area contributed by atoms with E-state index in [-0.39, 0.29) is 17.1 Å². The van der Waals surface area contributed by atoms with Gasteiger partial charge in [0.15, 0.2) is 5.82 Å². The van der Waals surface area contributed by atoms with E-state index in [2.05, 4.69) is 19.9 Å². The van der Waals surface area contributed by atoms with Gasteiger partial charge in [0.1, 0.15) is 23.0 Å². The van der Waals surface area contributed by atoms with E-state index in [9.17, 15) is 14.7 Å². The molecule has 2 saturated heterocycles. The second-order valence-corrected chi connectivity index (χ2v) is 12.9. The number of ether oxygens (including phenoxy) is 1. The molecule has 8 rings (SSSR count). The van der Waals surface area contributed by atoms with Crippen molar-refractivity contribution in [2.45, 2.75) is 44.9 Å². The molecule has 0 bridgehead atoms. The van der Waals surface area contributed by atoms with Gasteiger partial charge < -0.3 is 19.0 Å². The topological polar surface area (TPSA) is 112 Å². The molecule has 0 saturated carbocycles.